The summed E-state index contributed by atoms with van der Waals surface area (Å²) < 4.78 is 19.2. The second-order valence-electron chi connectivity index (χ2n) is 6.28. The number of aryl methyl sites for hydroxylation is 2. The number of nitrogens with zero attached hydrogens (tertiary/aromatic N) is 2. The largest absolute Gasteiger partial charge is 0.441 e. The number of likely N-dealkylation sites (tertiary alicyclic amines) is 1. The minimum Gasteiger partial charge on any atom is -0.441 e. The molecule has 1 aromatic carbocycles. The lowest BCUT2D eigenvalue weighted by molar-refractivity contribution is -0.137. The summed E-state index contributed by atoms with van der Waals surface area (Å²) in [6.07, 6.45) is 0.742. The van der Waals surface area contributed by atoms with Crippen LogP contribution in [0.3, 0.4) is 0 Å². The highest BCUT2D eigenvalue weighted by molar-refractivity contribution is 5.87. The van der Waals surface area contributed by atoms with Crippen LogP contribution in [-0.2, 0) is 16.0 Å². The third kappa shape index (κ3) is 3.87. The van der Waals surface area contributed by atoms with E-state index in [2.05, 4.69) is 4.98 Å². The summed E-state index contributed by atoms with van der Waals surface area (Å²) >= 11 is 0. The van der Waals surface area contributed by atoms with E-state index in [1.54, 1.807) is 6.20 Å². The fourth-order valence-corrected chi connectivity index (χ4v) is 2.96. The predicted molar refractivity (Wildman–Crippen MR) is 89.2 cm³/mol. The van der Waals surface area contributed by atoms with Crippen LogP contribution in [0.2, 0.25) is 0 Å². The van der Waals surface area contributed by atoms with E-state index in [4.69, 9.17) is 10.2 Å². The highest BCUT2D eigenvalue weighted by Gasteiger charge is 2.38. The second-order valence-corrected chi connectivity index (χ2v) is 6.28. The van der Waals surface area contributed by atoms with Crippen molar-refractivity contribution in [2.45, 2.75) is 38.4 Å². The van der Waals surface area contributed by atoms with Gasteiger partial charge in [0, 0.05) is 24.8 Å². The molecule has 1 aliphatic rings. The predicted octanol–water partition coefficient (Wildman–Crippen LogP) is 2.01. The van der Waals surface area contributed by atoms with Crippen LogP contribution in [0.1, 0.15) is 24.3 Å². The van der Waals surface area contributed by atoms with Gasteiger partial charge in [-0.15, -0.1) is 0 Å². The van der Waals surface area contributed by atoms with Crippen LogP contribution in [0.25, 0.3) is 11.3 Å². The fraction of sp³-hybridized carbons (Fsp3) is 0.389. The van der Waals surface area contributed by atoms with Gasteiger partial charge in [-0.2, -0.15) is 0 Å². The summed E-state index contributed by atoms with van der Waals surface area (Å²) in [4.78, 5) is 29.0. The Hall–Kier alpha value is -2.70. The van der Waals surface area contributed by atoms with Crippen molar-refractivity contribution in [3.63, 3.8) is 0 Å². The summed E-state index contributed by atoms with van der Waals surface area (Å²) in [7, 11) is 0. The normalized spacial score (nSPS) is 20.0. The lowest BCUT2D eigenvalue weighted by Crippen LogP contribution is -2.43. The van der Waals surface area contributed by atoms with Crippen molar-refractivity contribution in [2.24, 2.45) is 5.73 Å². The van der Waals surface area contributed by atoms with E-state index < -0.39 is 18.1 Å². The van der Waals surface area contributed by atoms with Crippen molar-refractivity contribution in [2.75, 3.05) is 6.54 Å². The number of hydrogen-bond acceptors (Lipinski definition) is 4. The molecule has 25 heavy (non-hydrogen) atoms. The zero-order valence-corrected chi connectivity index (χ0v) is 13.9. The number of carbonyl (C=O) groups excluding carboxylic acids is 2. The molecular weight excluding hydrogens is 325 g/mol. The minimum atomic E-state index is -1.21. The maximum Gasteiger partial charge on any atom is 0.240 e. The molecule has 0 saturated carbocycles. The van der Waals surface area contributed by atoms with Gasteiger partial charge >= 0.3 is 0 Å². The van der Waals surface area contributed by atoms with Gasteiger partial charge in [0.2, 0.25) is 11.8 Å². The Morgan fingerprint density at radius 2 is 2.08 bits per heavy atom. The number of halogens is 1. The maximum absolute atomic E-state index is 13.5. The minimum absolute atomic E-state index is 0.0301. The van der Waals surface area contributed by atoms with Crippen molar-refractivity contribution in [1.29, 1.82) is 0 Å². The van der Waals surface area contributed by atoms with Gasteiger partial charge in [0.1, 0.15) is 12.2 Å². The lowest BCUT2D eigenvalue weighted by Gasteiger charge is -2.21. The first kappa shape index (κ1) is 17.1. The van der Waals surface area contributed by atoms with Crippen LogP contribution in [0, 0.1) is 6.92 Å². The zero-order valence-electron chi connectivity index (χ0n) is 13.9. The fourth-order valence-electron chi connectivity index (χ4n) is 2.96. The van der Waals surface area contributed by atoms with Gasteiger partial charge < -0.3 is 15.1 Å². The Morgan fingerprint density at radius 3 is 2.76 bits per heavy atom. The number of nitrogens with two attached hydrogens (primary N) is 1. The summed E-state index contributed by atoms with van der Waals surface area (Å²) in [5, 5.41) is 0. The van der Waals surface area contributed by atoms with E-state index >= 15 is 0 Å². The topological polar surface area (TPSA) is 89.4 Å². The molecule has 0 bridgehead atoms. The first-order chi connectivity index (χ1) is 11.9. The molecule has 2 atom stereocenters. The van der Waals surface area contributed by atoms with Crippen LogP contribution < -0.4 is 5.73 Å². The van der Waals surface area contributed by atoms with Crippen LogP contribution >= 0.6 is 0 Å². The molecule has 1 aromatic heterocycles. The summed E-state index contributed by atoms with van der Waals surface area (Å²) in [6, 6.07) is 6.97. The van der Waals surface area contributed by atoms with Gasteiger partial charge in [-0.3, -0.25) is 9.59 Å². The van der Waals surface area contributed by atoms with E-state index in [1.807, 2.05) is 31.2 Å². The van der Waals surface area contributed by atoms with E-state index in [0.29, 0.717) is 11.7 Å². The number of alkyl halides is 1. The van der Waals surface area contributed by atoms with Gasteiger partial charge in [-0.05, 0) is 6.92 Å². The molecule has 6 nitrogen and oxygen atoms in total. The Balaban J connectivity index is 1.61. The Labute approximate surface area is 144 Å². The number of primary amides is 1. The molecule has 132 valence electrons. The molecule has 3 rings (SSSR count). The molecule has 0 spiro atoms. The van der Waals surface area contributed by atoms with Gasteiger partial charge in [0.15, 0.2) is 11.7 Å². The Bertz CT molecular complexity index is 772. The van der Waals surface area contributed by atoms with Gasteiger partial charge in [-0.1, -0.05) is 29.8 Å². The molecule has 0 unspecified atom stereocenters. The van der Waals surface area contributed by atoms with E-state index in [1.165, 1.54) is 4.90 Å². The van der Waals surface area contributed by atoms with Crippen LogP contribution in [0.15, 0.2) is 34.9 Å². The standard InChI is InChI=1S/C18H20FN3O3/c1-11-2-4-12(5-3-11)15-9-21-16(25-15)6-7-17(23)22-10-13(19)8-14(22)18(20)24/h2-5,9,13-14H,6-8,10H2,1H3,(H2,20,24)/t13-,14+/m1/s1. The molecule has 0 aliphatic carbocycles. The first-order valence-electron chi connectivity index (χ1n) is 8.18. The lowest BCUT2D eigenvalue weighted by atomic mass is 10.1. The number of benzene rings is 1. The van der Waals surface area contributed by atoms with Gasteiger partial charge in [0.05, 0.1) is 12.7 Å². The third-order valence-electron chi connectivity index (χ3n) is 4.34. The molecule has 2 aromatic rings. The molecule has 2 amide bonds. The smallest absolute Gasteiger partial charge is 0.240 e. The van der Waals surface area contributed by atoms with E-state index in [9.17, 15) is 14.0 Å². The quantitative estimate of drug-likeness (QED) is 0.897. The van der Waals surface area contributed by atoms with Crippen LogP contribution in [0.4, 0.5) is 4.39 Å². The molecular formula is C18H20FN3O3. The van der Waals surface area contributed by atoms with Crippen LogP contribution in [0.5, 0.6) is 0 Å². The number of rotatable bonds is 5. The number of aromatic nitrogens is 1. The Morgan fingerprint density at radius 1 is 1.36 bits per heavy atom. The summed E-state index contributed by atoms with van der Waals surface area (Å²) in [6.45, 7) is 1.91. The molecule has 2 N–H and O–H groups in total. The SMILES string of the molecule is Cc1ccc(-c2cnc(CCC(=O)N3C[C@H](F)C[C@H]3C(N)=O)o2)cc1. The van der Waals surface area contributed by atoms with E-state index in [-0.39, 0.29) is 31.7 Å². The average molecular weight is 345 g/mol. The van der Waals surface area contributed by atoms with Crippen molar-refractivity contribution < 1.29 is 18.4 Å². The van der Waals surface area contributed by atoms with Gasteiger partial charge in [-0.25, -0.2) is 9.37 Å². The highest BCUT2D eigenvalue weighted by Crippen LogP contribution is 2.23. The first-order valence-corrected chi connectivity index (χ1v) is 8.18. The molecule has 2 heterocycles. The Kier molecular flexibility index (Phi) is 4.83. The van der Waals surface area contributed by atoms with E-state index in [0.717, 1.165) is 11.1 Å². The molecule has 1 fully saturated rings. The van der Waals surface area contributed by atoms with Crippen molar-refractivity contribution >= 4 is 11.8 Å². The molecule has 0 radical (unpaired) electrons. The average Bonchev–Trinajstić information content (AvgIpc) is 3.20. The number of amides is 2. The highest BCUT2D eigenvalue weighted by atomic mass is 19.1. The van der Waals surface area contributed by atoms with Crippen LogP contribution in [-0.4, -0.2) is 40.5 Å². The zero-order chi connectivity index (χ0) is 18.0. The number of hydrogen-bond donors (Lipinski definition) is 1. The van der Waals surface area contributed by atoms with Gasteiger partial charge in [0.25, 0.3) is 0 Å². The monoisotopic (exact) mass is 345 g/mol. The molecule has 7 heteroatoms. The third-order valence-corrected chi connectivity index (χ3v) is 4.34. The molecule has 1 saturated heterocycles. The van der Waals surface area contributed by atoms with Crippen molar-refractivity contribution in [1.82, 2.24) is 9.88 Å². The van der Waals surface area contributed by atoms with Crippen molar-refractivity contribution in [3.05, 3.63) is 41.9 Å². The molecule has 1 aliphatic heterocycles. The van der Waals surface area contributed by atoms with Crippen molar-refractivity contribution in [3.8, 4) is 11.3 Å². The number of carbonyl (C=O) groups is 2. The summed E-state index contributed by atoms with van der Waals surface area (Å²) in [5.41, 5.74) is 7.30. The number of oxazole rings is 1. The maximum atomic E-state index is 13.5. The summed E-state index contributed by atoms with van der Waals surface area (Å²) in [5.74, 6) is 0.0586. The second kappa shape index (κ2) is 7.04.